The Morgan fingerprint density at radius 3 is 2.37 bits per heavy atom. The van der Waals surface area contributed by atoms with Crippen molar-refractivity contribution in [2.45, 2.75) is 18.9 Å². The van der Waals surface area contributed by atoms with Gasteiger partial charge in [0.2, 0.25) is 0 Å². The molecule has 2 saturated heterocycles. The minimum absolute atomic E-state index is 0.0264. The summed E-state index contributed by atoms with van der Waals surface area (Å²) < 4.78 is 5.64. The van der Waals surface area contributed by atoms with Gasteiger partial charge in [-0.1, -0.05) is 18.2 Å². The van der Waals surface area contributed by atoms with Gasteiger partial charge in [0.15, 0.2) is 0 Å². The number of rotatable bonds is 5. The van der Waals surface area contributed by atoms with Crippen LogP contribution in [-0.4, -0.2) is 61.6 Å². The molecule has 6 heteroatoms. The number of amides is 2. The first-order valence-corrected chi connectivity index (χ1v) is 9.91. The van der Waals surface area contributed by atoms with Crippen LogP contribution in [0.3, 0.4) is 0 Å². The van der Waals surface area contributed by atoms with E-state index in [1.54, 1.807) is 6.26 Å². The van der Waals surface area contributed by atoms with E-state index in [-0.39, 0.29) is 12.1 Å². The van der Waals surface area contributed by atoms with Crippen LogP contribution in [0.25, 0.3) is 0 Å². The molecule has 0 saturated carbocycles. The average Bonchev–Trinajstić information content (AvgIpc) is 3.44. The molecule has 1 aromatic heterocycles. The Hall–Kier alpha value is -2.47. The van der Waals surface area contributed by atoms with Gasteiger partial charge < -0.3 is 19.5 Å². The van der Waals surface area contributed by atoms with E-state index < -0.39 is 0 Å². The van der Waals surface area contributed by atoms with Crippen LogP contribution in [0, 0.1) is 0 Å². The maximum atomic E-state index is 12.7. The number of anilines is 1. The van der Waals surface area contributed by atoms with Gasteiger partial charge in [-0.15, -0.1) is 0 Å². The second-order valence-corrected chi connectivity index (χ2v) is 7.27. The van der Waals surface area contributed by atoms with Crippen molar-refractivity contribution >= 4 is 11.7 Å². The van der Waals surface area contributed by atoms with Crippen LogP contribution in [0.2, 0.25) is 0 Å². The van der Waals surface area contributed by atoms with E-state index in [0.29, 0.717) is 6.54 Å². The van der Waals surface area contributed by atoms with E-state index in [1.807, 2.05) is 23.1 Å². The zero-order valence-corrected chi connectivity index (χ0v) is 15.7. The Kier molecular flexibility index (Phi) is 5.63. The SMILES string of the molecule is O=C(NCC(c1ccco1)N1CCCC1)N1CCN(c2ccccc2)CC1. The van der Waals surface area contributed by atoms with E-state index in [2.05, 4.69) is 39.4 Å². The van der Waals surface area contributed by atoms with Crippen molar-refractivity contribution in [3.8, 4) is 0 Å². The summed E-state index contributed by atoms with van der Waals surface area (Å²) in [5, 5.41) is 3.14. The number of nitrogens with one attached hydrogen (secondary N) is 1. The molecule has 0 bridgehead atoms. The predicted molar refractivity (Wildman–Crippen MR) is 106 cm³/mol. The fourth-order valence-electron chi connectivity index (χ4n) is 4.05. The Balaban J connectivity index is 1.30. The molecule has 1 unspecified atom stereocenters. The summed E-state index contributed by atoms with van der Waals surface area (Å²) in [5.74, 6) is 0.936. The molecule has 144 valence electrons. The standard InChI is InChI=1S/C21H28N4O2/c26-21(25-14-12-23(13-15-25)18-7-2-1-3-8-18)22-17-19(20-9-6-16-27-20)24-10-4-5-11-24/h1-3,6-9,16,19H,4-5,10-15,17H2,(H,22,26). The average molecular weight is 368 g/mol. The summed E-state index contributed by atoms with van der Waals surface area (Å²) >= 11 is 0. The fraction of sp³-hybridized carbons (Fsp3) is 0.476. The molecule has 0 spiro atoms. The van der Waals surface area contributed by atoms with Crippen LogP contribution in [0.15, 0.2) is 53.1 Å². The minimum Gasteiger partial charge on any atom is -0.468 e. The number of carbonyl (C=O) groups is 1. The molecule has 27 heavy (non-hydrogen) atoms. The molecule has 1 aromatic carbocycles. The van der Waals surface area contributed by atoms with Crippen molar-refractivity contribution in [1.82, 2.24) is 15.1 Å². The number of piperazine rings is 1. The maximum Gasteiger partial charge on any atom is 0.317 e. The van der Waals surface area contributed by atoms with Crippen molar-refractivity contribution < 1.29 is 9.21 Å². The molecule has 0 aliphatic carbocycles. The number of urea groups is 1. The molecule has 1 atom stereocenters. The highest BCUT2D eigenvalue weighted by molar-refractivity contribution is 5.74. The summed E-state index contributed by atoms with van der Waals surface area (Å²) in [6.45, 7) is 5.95. The number of furan rings is 1. The smallest absolute Gasteiger partial charge is 0.317 e. The number of hydrogen-bond acceptors (Lipinski definition) is 4. The van der Waals surface area contributed by atoms with Gasteiger partial charge in [0.05, 0.1) is 12.3 Å². The number of carbonyl (C=O) groups excluding carboxylic acids is 1. The number of likely N-dealkylation sites (tertiary alicyclic amines) is 1. The molecular weight excluding hydrogens is 340 g/mol. The van der Waals surface area contributed by atoms with Crippen LogP contribution < -0.4 is 10.2 Å². The number of nitrogens with zero attached hydrogens (tertiary/aromatic N) is 3. The van der Waals surface area contributed by atoms with Gasteiger partial charge in [0.1, 0.15) is 5.76 Å². The second kappa shape index (κ2) is 8.48. The van der Waals surface area contributed by atoms with Crippen LogP contribution in [0.5, 0.6) is 0 Å². The topological polar surface area (TPSA) is 52.0 Å². The quantitative estimate of drug-likeness (QED) is 0.882. The van der Waals surface area contributed by atoms with Crippen LogP contribution in [-0.2, 0) is 0 Å². The number of para-hydroxylation sites is 1. The minimum atomic E-state index is 0.0264. The first-order valence-electron chi connectivity index (χ1n) is 9.91. The summed E-state index contributed by atoms with van der Waals surface area (Å²) in [6.07, 6.45) is 4.14. The molecule has 2 aliphatic rings. The molecule has 2 aromatic rings. The summed E-state index contributed by atoms with van der Waals surface area (Å²) in [4.78, 5) is 19.3. The van der Waals surface area contributed by atoms with Crippen molar-refractivity contribution in [3.63, 3.8) is 0 Å². The third kappa shape index (κ3) is 4.27. The Morgan fingerprint density at radius 2 is 1.70 bits per heavy atom. The number of benzene rings is 1. The van der Waals surface area contributed by atoms with Gasteiger partial charge in [-0.05, 0) is 50.2 Å². The normalized spacial score (nSPS) is 19.3. The van der Waals surface area contributed by atoms with Gasteiger partial charge in [-0.3, -0.25) is 4.90 Å². The second-order valence-electron chi connectivity index (χ2n) is 7.27. The number of hydrogen-bond donors (Lipinski definition) is 1. The van der Waals surface area contributed by atoms with Gasteiger partial charge in [0.25, 0.3) is 0 Å². The van der Waals surface area contributed by atoms with Crippen LogP contribution >= 0.6 is 0 Å². The predicted octanol–water partition coefficient (Wildman–Crippen LogP) is 2.95. The molecule has 2 aliphatic heterocycles. The van der Waals surface area contributed by atoms with E-state index in [1.165, 1.54) is 18.5 Å². The first kappa shape index (κ1) is 17.9. The lowest BCUT2D eigenvalue weighted by Crippen LogP contribution is -2.52. The molecule has 0 radical (unpaired) electrons. The van der Waals surface area contributed by atoms with Crippen molar-refractivity contribution in [3.05, 3.63) is 54.5 Å². The van der Waals surface area contributed by atoms with E-state index in [9.17, 15) is 4.79 Å². The monoisotopic (exact) mass is 368 g/mol. The first-order chi connectivity index (χ1) is 13.3. The highest BCUT2D eigenvalue weighted by Crippen LogP contribution is 2.25. The van der Waals surface area contributed by atoms with Crippen molar-refractivity contribution in [1.29, 1.82) is 0 Å². The highest BCUT2D eigenvalue weighted by atomic mass is 16.3. The fourth-order valence-corrected chi connectivity index (χ4v) is 4.05. The maximum absolute atomic E-state index is 12.7. The van der Waals surface area contributed by atoms with Gasteiger partial charge in [-0.25, -0.2) is 4.79 Å². The van der Waals surface area contributed by atoms with E-state index in [4.69, 9.17) is 4.42 Å². The zero-order chi connectivity index (χ0) is 18.5. The molecule has 2 amide bonds. The van der Waals surface area contributed by atoms with Crippen LogP contribution in [0.1, 0.15) is 24.6 Å². The van der Waals surface area contributed by atoms with Gasteiger partial charge >= 0.3 is 6.03 Å². The van der Waals surface area contributed by atoms with E-state index >= 15 is 0 Å². The Morgan fingerprint density at radius 1 is 0.963 bits per heavy atom. The largest absolute Gasteiger partial charge is 0.468 e. The molecule has 6 nitrogen and oxygen atoms in total. The van der Waals surface area contributed by atoms with Crippen LogP contribution in [0.4, 0.5) is 10.5 Å². The molecular formula is C21H28N4O2. The Bertz CT molecular complexity index is 705. The zero-order valence-electron chi connectivity index (χ0n) is 15.7. The third-order valence-electron chi connectivity index (χ3n) is 5.59. The molecule has 3 heterocycles. The summed E-state index contributed by atoms with van der Waals surface area (Å²) in [6, 6.07) is 14.5. The lowest BCUT2D eigenvalue weighted by atomic mass is 10.2. The van der Waals surface area contributed by atoms with Gasteiger partial charge in [0, 0.05) is 38.4 Å². The lowest BCUT2D eigenvalue weighted by molar-refractivity contribution is 0.179. The molecule has 2 fully saturated rings. The molecule has 1 N–H and O–H groups in total. The van der Waals surface area contributed by atoms with E-state index in [0.717, 1.165) is 45.0 Å². The highest BCUT2D eigenvalue weighted by Gasteiger charge is 2.27. The van der Waals surface area contributed by atoms with Crippen molar-refractivity contribution in [2.24, 2.45) is 0 Å². The molecule has 4 rings (SSSR count). The van der Waals surface area contributed by atoms with Gasteiger partial charge in [-0.2, -0.15) is 0 Å². The third-order valence-corrected chi connectivity index (χ3v) is 5.59. The lowest BCUT2D eigenvalue weighted by Gasteiger charge is -2.36. The Labute approximate surface area is 160 Å². The summed E-state index contributed by atoms with van der Waals surface area (Å²) in [5.41, 5.74) is 1.23. The van der Waals surface area contributed by atoms with Crippen molar-refractivity contribution in [2.75, 3.05) is 50.7 Å². The summed E-state index contributed by atoms with van der Waals surface area (Å²) in [7, 11) is 0.